The number of hydrogen-bond acceptors (Lipinski definition) is 4. The number of hydrogen-bond donors (Lipinski definition) is 0. The van der Waals surface area contributed by atoms with Crippen molar-refractivity contribution in [1.82, 2.24) is 19.7 Å². The van der Waals surface area contributed by atoms with E-state index < -0.39 is 11.7 Å². The molecule has 0 aliphatic carbocycles. The minimum absolute atomic E-state index is 0.231. The third kappa shape index (κ3) is 4.84. The fraction of sp³-hybridized carbons (Fsp3) is 0.261. The Hall–Kier alpha value is -3.42. The number of rotatable bonds is 7. The number of pyridine rings is 1. The molecule has 1 aromatic carbocycles. The molecule has 0 saturated carbocycles. The number of alkyl halides is 3. The van der Waals surface area contributed by atoms with Crippen LogP contribution in [0, 0.1) is 6.92 Å². The minimum Gasteiger partial charge on any atom is -0.467 e. The van der Waals surface area contributed by atoms with Crippen molar-refractivity contribution in [2.24, 2.45) is 0 Å². The normalized spacial score (nSPS) is 11.7. The second-order valence-electron chi connectivity index (χ2n) is 7.32. The molecule has 8 heteroatoms. The van der Waals surface area contributed by atoms with E-state index in [9.17, 15) is 13.2 Å². The van der Waals surface area contributed by atoms with Gasteiger partial charge in [0.1, 0.15) is 17.3 Å². The predicted molar refractivity (Wildman–Crippen MR) is 109 cm³/mol. The van der Waals surface area contributed by atoms with E-state index in [0.29, 0.717) is 42.9 Å². The average Bonchev–Trinajstić information content (AvgIpc) is 3.40. The van der Waals surface area contributed by atoms with Gasteiger partial charge >= 0.3 is 6.18 Å². The molecule has 0 atom stereocenters. The van der Waals surface area contributed by atoms with Gasteiger partial charge < -0.3 is 8.98 Å². The van der Waals surface area contributed by atoms with Crippen LogP contribution >= 0.6 is 0 Å². The van der Waals surface area contributed by atoms with Crippen molar-refractivity contribution in [3.05, 3.63) is 89.3 Å². The van der Waals surface area contributed by atoms with Gasteiger partial charge in [-0.15, -0.1) is 10.2 Å². The summed E-state index contributed by atoms with van der Waals surface area (Å²) >= 11 is 0. The number of nitrogens with zero attached hydrogens (tertiary/aromatic N) is 4. The maximum absolute atomic E-state index is 13.2. The van der Waals surface area contributed by atoms with Crippen molar-refractivity contribution >= 4 is 0 Å². The first-order valence-electron chi connectivity index (χ1n) is 9.94. The van der Waals surface area contributed by atoms with Gasteiger partial charge in [-0.05, 0) is 61.2 Å². The van der Waals surface area contributed by atoms with Crippen LogP contribution in [0.5, 0.6) is 0 Å². The van der Waals surface area contributed by atoms with Crippen molar-refractivity contribution in [3.8, 4) is 11.5 Å². The Kier molecular flexibility index (Phi) is 5.88. The molecule has 31 heavy (non-hydrogen) atoms. The Balaban J connectivity index is 1.53. The molecule has 0 N–H and O–H groups in total. The topological polar surface area (TPSA) is 56.7 Å². The van der Waals surface area contributed by atoms with E-state index in [-0.39, 0.29) is 5.56 Å². The molecule has 0 bridgehead atoms. The van der Waals surface area contributed by atoms with E-state index in [1.807, 2.05) is 34.9 Å². The fourth-order valence-corrected chi connectivity index (χ4v) is 3.51. The summed E-state index contributed by atoms with van der Waals surface area (Å²) < 4.78 is 47.0. The highest BCUT2D eigenvalue weighted by Crippen LogP contribution is 2.32. The van der Waals surface area contributed by atoms with E-state index in [1.54, 1.807) is 18.5 Å². The summed E-state index contributed by atoms with van der Waals surface area (Å²) in [4.78, 5) is 4.36. The molecule has 0 aliphatic rings. The zero-order chi connectivity index (χ0) is 21.8. The molecule has 0 saturated heterocycles. The molecule has 0 unspecified atom stereocenters. The van der Waals surface area contributed by atoms with Gasteiger partial charge in [0.15, 0.2) is 5.82 Å². The van der Waals surface area contributed by atoms with Crippen molar-refractivity contribution in [2.45, 2.75) is 38.9 Å². The molecule has 0 aliphatic heterocycles. The second-order valence-corrected chi connectivity index (χ2v) is 7.32. The smallest absolute Gasteiger partial charge is 0.416 e. The maximum atomic E-state index is 13.2. The molecule has 3 aromatic heterocycles. The molecular formula is C23H21F3N4O. The monoisotopic (exact) mass is 426 g/mol. The molecule has 5 nitrogen and oxygen atoms in total. The highest BCUT2D eigenvalue weighted by atomic mass is 19.4. The fourth-order valence-electron chi connectivity index (χ4n) is 3.51. The summed E-state index contributed by atoms with van der Waals surface area (Å²) in [6.07, 6.45) is 0.664. The van der Waals surface area contributed by atoms with Crippen molar-refractivity contribution < 1.29 is 17.6 Å². The Labute approximate surface area is 177 Å². The van der Waals surface area contributed by atoms with Crippen LogP contribution in [0.2, 0.25) is 0 Å². The Morgan fingerprint density at radius 1 is 1.00 bits per heavy atom. The summed E-state index contributed by atoms with van der Waals surface area (Å²) in [5, 5.41) is 8.64. The van der Waals surface area contributed by atoms with Crippen LogP contribution in [-0.2, 0) is 25.6 Å². The van der Waals surface area contributed by atoms with Crippen LogP contribution in [0.25, 0.3) is 11.5 Å². The third-order valence-corrected chi connectivity index (χ3v) is 5.09. The number of furan rings is 1. The molecule has 0 radical (unpaired) electrons. The van der Waals surface area contributed by atoms with Crippen molar-refractivity contribution in [1.29, 1.82) is 0 Å². The van der Waals surface area contributed by atoms with Gasteiger partial charge in [-0.25, -0.2) is 0 Å². The Morgan fingerprint density at radius 3 is 2.58 bits per heavy atom. The molecule has 4 aromatic rings. The van der Waals surface area contributed by atoms with Crippen molar-refractivity contribution in [3.63, 3.8) is 0 Å². The van der Waals surface area contributed by atoms with E-state index in [0.717, 1.165) is 11.6 Å². The summed E-state index contributed by atoms with van der Waals surface area (Å²) in [6, 6.07) is 13.8. The molecule has 0 fully saturated rings. The first-order valence-corrected chi connectivity index (χ1v) is 9.94. The zero-order valence-electron chi connectivity index (χ0n) is 16.9. The van der Waals surface area contributed by atoms with Crippen LogP contribution in [0.4, 0.5) is 13.2 Å². The third-order valence-electron chi connectivity index (χ3n) is 5.09. The largest absolute Gasteiger partial charge is 0.467 e. The summed E-state index contributed by atoms with van der Waals surface area (Å²) in [6.45, 7) is 1.92. The van der Waals surface area contributed by atoms with Gasteiger partial charge in [-0.2, -0.15) is 13.2 Å². The number of benzene rings is 1. The number of aromatic nitrogens is 4. The van der Waals surface area contributed by atoms with Crippen molar-refractivity contribution in [2.75, 3.05) is 0 Å². The highest BCUT2D eigenvalue weighted by Gasteiger charge is 2.32. The van der Waals surface area contributed by atoms with Gasteiger partial charge in [-0.1, -0.05) is 18.2 Å². The summed E-state index contributed by atoms with van der Waals surface area (Å²) in [5.74, 6) is 2.12. The lowest BCUT2D eigenvalue weighted by Crippen LogP contribution is -2.09. The van der Waals surface area contributed by atoms with E-state index >= 15 is 0 Å². The average molecular weight is 426 g/mol. The van der Waals surface area contributed by atoms with Crippen LogP contribution in [0.3, 0.4) is 0 Å². The van der Waals surface area contributed by atoms with Crippen LogP contribution in [0.1, 0.15) is 34.7 Å². The highest BCUT2D eigenvalue weighted by molar-refractivity contribution is 5.49. The zero-order valence-corrected chi connectivity index (χ0v) is 16.9. The Bertz CT molecular complexity index is 1140. The minimum atomic E-state index is -4.35. The van der Waals surface area contributed by atoms with Gasteiger partial charge in [-0.3, -0.25) is 4.98 Å². The molecule has 0 amide bonds. The second kappa shape index (κ2) is 8.75. The van der Waals surface area contributed by atoms with Gasteiger partial charge in [0.05, 0.1) is 18.4 Å². The SMILES string of the molecule is Cc1ccc(CCCc2nnc(-c3ccccn3)n2Cc2ccco2)cc1C(F)(F)F. The Morgan fingerprint density at radius 2 is 1.87 bits per heavy atom. The quantitative estimate of drug-likeness (QED) is 0.392. The van der Waals surface area contributed by atoms with Crippen LogP contribution in [0.15, 0.2) is 65.4 Å². The summed E-state index contributed by atoms with van der Waals surface area (Å²) in [5.41, 5.74) is 0.999. The first kappa shape index (κ1) is 20.8. The van der Waals surface area contributed by atoms with Gasteiger partial charge in [0.2, 0.25) is 0 Å². The lowest BCUT2D eigenvalue weighted by molar-refractivity contribution is -0.138. The van der Waals surface area contributed by atoms with E-state index in [4.69, 9.17) is 4.42 Å². The standard InChI is InChI=1S/C23H21F3N4O/c1-16-10-11-17(14-19(16)23(24,25)26)6-4-9-21-28-29-22(20-8-2-3-12-27-20)30(21)15-18-7-5-13-31-18/h2-3,5,7-8,10-14H,4,6,9,15H2,1H3. The van der Waals surface area contributed by atoms with Gasteiger partial charge in [0.25, 0.3) is 0 Å². The van der Waals surface area contributed by atoms with E-state index in [1.165, 1.54) is 19.1 Å². The van der Waals surface area contributed by atoms with Crippen LogP contribution in [-0.4, -0.2) is 19.7 Å². The molecular weight excluding hydrogens is 405 g/mol. The molecule has 160 valence electrons. The first-order chi connectivity index (χ1) is 14.9. The molecule has 0 spiro atoms. The number of halogens is 3. The lowest BCUT2D eigenvalue weighted by Gasteiger charge is -2.12. The number of aryl methyl sites for hydroxylation is 3. The van der Waals surface area contributed by atoms with Gasteiger partial charge in [0, 0.05) is 12.6 Å². The maximum Gasteiger partial charge on any atom is 0.416 e. The molecule has 4 rings (SSSR count). The van der Waals surface area contributed by atoms with E-state index in [2.05, 4.69) is 15.2 Å². The lowest BCUT2D eigenvalue weighted by atomic mass is 10.0. The van der Waals surface area contributed by atoms with Crippen LogP contribution < -0.4 is 0 Å². The summed E-state index contributed by atoms with van der Waals surface area (Å²) in [7, 11) is 0. The molecule has 3 heterocycles. The predicted octanol–water partition coefficient (Wildman–Crippen LogP) is 5.48.